The summed E-state index contributed by atoms with van der Waals surface area (Å²) in [5.41, 5.74) is 0.123. The number of alkyl halides is 2. The Kier molecular flexibility index (Phi) is 6.42. The number of aromatic carboxylic acids is 1. The third kappa shape index (κ3) is 4.79. The van der Waals surface area contributed by atoms with Gasteiger partial charge in [0.15, 0.2) is 6.17 Å². The highest BCUT2D eigenvalue weighted by Crippen LogP contribution is 2.21. The normalized spacial score (nSPS) is 15.4. The van der Waals surface area contributed by atoms with Gasteiger partial charge in [-0.15, -0.1) is 0 Å². The number of carbonyl (C=O) groups is 1. The van der Waals surface area contributed by atoms with E-state index in [-0.39, 0.29) is 5.56 Å². The minimum atomic E-state index is -1.69. The van der Waals surface area contributed by atoms with E-state index in [9.17, 15) is 13.6 Å². The quantitative estimate of drug-likeness (QED) is 0.785. The molecule has 0 saturated carbocycles. The van der Waals surface area contributed by atoms with Crippen molar-refractivity contribution in [2.45, 2.75) is 51.6 Å². The van der Waals surface area contributed by atoms with Crippen LogP contribution in [0.5, 0.6) is 5.75 Å². The first-order valence-corrected chi connectivity index (χ1v) is 6.73. The Morgan fingerprint density at radius 2 is 1.90 bits per heavy atom. The van der Waals surface area contributed by atoms with Crippen LogP contribution in [0.4, 0.5) is 8.78 Å². The second kappa shape index (κ2) is 7.82. The SMILES string of the molecule is CCCCC(Oc1ccc(C(=O)O)cc1)C(F)C(C)F. The van der Waals surface area contributed by atoms with Crippen molar-refractivity contribution < 1.29 is 23.4 Å². The Labute approximate surface area is 117 Å². The Bertz CT molecular complexity index is 418. The number of carboxylic acids is 1. The third-order valence-electron chi connectivity index (χ3n) is 3.02. The molecule has 0 spiro atoms. The number of rotatable bonds is 8. The molecule has 3 atom stereocenters. The van der Waals surface area contributed by atoms with Gasteiger partial charge in [-0.05, 0) is 44.0 Å². The summed E-state index contributed by atoms with van der Waals surface area (Å²) in [5, 5.41) is 8.78. The van der Waals surface area contributed by atoms with Crippen LogP contribution in [0.2, 0.25) is 0 Å². The molecule has 112 valence electrons. The molecule has 3 unspecified atom stereocenters. The molecule has 0 aliphatic carbocycles. The molecule has 1 aromatic rings. The molecule has 1 rings (SSSR count). The van der Waals surface area contributed by atoms with Crippen LogP contribution in [0, 0.1) is 0 Å². The molecule has 1 aromatic carbocycles. The first kappa shape index (κ1) is 16.4. The predicted molar refractivity (Wildman–Crippen MR) is 72.8 cm³/mol. The summed E-state index contributed by atoms with van der Waals surface area (Å²) in [7, 11) is 0. The lowest BCUT2D eigenvalue weighted by atomic mass is 10.1. The first-order valence-electron chi connectivity index (χ1n) is 6.73. The number of benzene rings is 1. The zero-order valence-electron chi connectivity index (χ0n) is 11.7. The van der Waals surface area contributed by atoms with Crippen molar-refractivity contribution in [3.05, 3.63) is 29.8 Å². The van der Waals surface area contributed by atoms with E-state index in [4.69, 9.17) is 9.84 Å². The molecular weight excluding hydrogens is 266 g/mol. The van der Waals surface area contributed by atoms with Crippen LogP contribution in [0.25, 0.3) is 0 Å². The van der Waals surface area contributed by atoms with Crippen LogP contribution in [0.15, 0.2) is 24.3 Å². The molecule has 0 bridgehead atoms. The second-order valence-corrected chi connectivity index (χ2v) is 4.75. The fraction of sp³-hybridized carbons (Fsp3) is 0.533. The highest BCUT2D eigenvalue weighted by molar-refractivity contribution is 5.87. The largest absolute Gasteiger partial charge is 0.487 e. The van der Waals surface area contributed by atoms with E-state index in [0.29, 0.717) is 12.2 Å². The summed E-state index contributed by atoms with van der Waals surface area (Å²) >= 11 is 0. The maximum absolute atomic E-state index is 13.8. The lowest BCUT2D eigenvalue weighted by Gasteiger charge is -2.23. The predicted octanol–water partition coefficient (Wildman–Crippen LogP) is 4.02. The fourth-order valence-electron chi connectivity index (χ4n) is 1.84. The van der Waals surface area contributed by atoms with E-state index in [1.165, 1.54) is 31.2 Å². The molecule has 1 N–H and O–H groups in total. The highest BCUT2D eigenvalue weighted by Gasteiger charge is 2.28. The van der Waals surface area contributed by atoms with Gasteiger partial charge >= 0.3 is 5.97 Å². The molecule has 0 fully saturated rings. The van der Waals surface area contributed by atoms with Crippen molar-refractivity contribution in [3.63, 3.8) is 0 Å². The molecule has 0 aliphatic rings. The van der Waals surface area contributed by atoms with Gasteiger partial charge in [0.25, 0.3) is 0 Å². The monoisotopic (exact) mass is 286 g/mol. The van der Waals surface area contributed by atoms with E-state index in [1.807, 2.05) is 6.92 Å². The van der Waals surface area contributed by atoms with Crippen molar-refractivity contribution in [1.29, 1.82) is 0 Å². The summed E-state index contributed by atoms with van der Waals surface area (Å²) in [6, 6.07) is 5.66. The summed E-state index contributed by atoms with van der Waals surface area (Å²) in [4.78, 5) is 10.7. The van der Waals surface area contributed by atoms with E-state index in [1.54, 1.807) is 0 Å². The van der Waals surface area contributed by atoms with Gasteiger partial charge in [0.1, 0.15) is 18.0 Å². The molecule has 0 aromatic heterocycles. The Balaban J connectivity index is 2.75. The number of halogens is 2. The van der Waals surface area contributed by atoms with Gasteiger partial charge in [0.05, 0.1) is 5.56 Å². The van der Waals surface area contributed by atoms with Crippen molar-refractivity contribution in [3.8, 4) is 5.75 Å². The van der Waals surface area contributed by atoms with Gasteiger partial charge < -0.3 is 9.84 Å². The first-order chi connectivity index (χ1) is 9.45. The van der Waals surface area contributed by atoms with Crippen LogP contribution < -0.4 is 4.74 Å². The van der Waals surface area contributed by atoms with Crippen molar-refractivity contribution in [1.82, 2.24) is 0 Å². The number of hydrogen-bond donors (Lipinski definition) is 1. The standard InChI is InChI=1S/C15H20F2O3/c1-3-4-5-13(14(17)10(2)16)20-12-8-6-11(7-9-12)15(18)19/h6-10,13-14H,3-5H2,1-2H3,(H,18,19). The lowest BCUT2D eigenvalue weighted by Crippen LogP contribution is -2.34. The summed E-state index contributed by atoms with van der Waals surface area (Å²) < 4.78 is 32.4. The molecule has 0 radical (unpaired) electrons. The number of unbranched alkanes of at least 4 members (excludes halogenated alkanes) is 1. The zero-order valence-corrected chi connectivity index (χ0v) is 11.7. The third-order valence-corrected chi connectivity index (χ3v) is 3.02. The van der Waals surface area contributed by atoms with Gasteiger partial charge in [-0.3, -0.25) is 0 Å². The number of ether oxygens (including phenoxy) is 1. The van der Waals surface area contributed by atoms with E-state index >= 15 is 0 Å². The maximum Gasteiger partial charge on any atom is 0.335 e. The summed E-state index contributed by atoms with van der Waals surface area (Å²) in [6.07, 6.45) is -2.12. The molecule has 5 heteroatoms. The minimum absolute atomic E-state index is 0.123. The van der Waals surface area contributed by atoms with Crippen LogP contribution >= 0.6 is 0 Å². The number of hydrogen-bond acceptors (Lipinski definition) is 2. The zero-order chi connectivity index (χ0) is 15.1. The Morgan fingerprint density at radius 3 is 2.35 bits per heavy atom. The molecule has 0 heterocycles. The van der Waals surface area contributed by atoms with Crippen molar-refractivity contribution in [2.75, 3.05) is 0 Å². The minimum Gasteiger partial charge on any atom is -0.487 e. The van der Waals surface area contributed by atoms with Gasteiger partial charge in [0, 0.05) is 0 Å². The molecule has 20 heavy (non-hydrogen) atoms. The molecular formula is C15H20F2O3. The summed E-state index contributed by atoms with van der Waals surface area (Å²) in [5.74, 6) is -0.695. The van der Waals surface area contributed by atoms with Crippen molar-refractivity contribution in [2.24, 2.45) is 0 Å². The molecule has 0 amide bonds. The van der Waals surface area contributed by atoms with Gasteiger partial charge in [-0.25, -0.2) is 13.6 Å². The van der Waals surface area contributed by atoms with Gasteiger partial charge in [0.2, 0.25) is 0 Å². The van der Waals surface area contributed by atoms with Crippen molar-refractivity contribution >= 4 is 5.97 Å². The van der Waals surface area contributed by atoms with Crippen LogP contribution in [0.3, 0.4) is 0 Å². The number of carboxylic acid groups (broad SMARTS) is 1. The second-order valence-electron chi connectivity index (χ2n) is 4.75. The summed E-state index contributed by atoms with van der Waals surface area (Å²) in [6.45, 7) is 3.13. The maximum atomic E-state index is 13.8. The fourth-order valence-corrected chi connectivity index (χ4v) is 1.84. The Hall–Kier alpha value is -1.65. The molecule has 3 nitrogen and oxygen atoms in total. The van der Waals surface area contributed by atoms with E-state index in [0.717, 1.165) is 12.8 Å². The smallest absolute Gasteiger partial charge is 0.335 e. The van der Waals surface area contributed by atoms with Crippen LogP contribution in [-0.4, -0.2) is 29.5 Å². The van der Waals surface area contributed by atoms with Gasteiger partial charge in [-0.2, -0.15) is 0 Å². The van der Waals surface area contributed by atoms with E-state index in [2.05, 4.69) is 0 Å². The lowest BCUT2D eigenvalue weighted by molar-refractivity contribution is 0.0429. The molecule has 0 saturated heterocycles. The van der Waals surface area contributed by atoms with Gasteiger partial charge in [-0.1, -0.05) is 13.3 Å². The van der Waals surface area contributed by atoms with Crippen LogP contribution in [-0.2, 0) is 0 Å². The van der Waals surface area contributed by atoms with E-state index < -0.39 is 24.4 Å². The Morgan fingerprint density at radius 1 is 1.30 bits per heavy atom. The molecule has 0 aliphatic heterocycles. The topological polar surface area (TPSA) is 46.5 Å². The average molecular weight is 286 g/mol. The average Bonchev–Trinajstić information content (AvgIpc) is 2.43. The van der Waals surface area contributed by atoms with Crippen LogP contribution in [0.1, 0.15) is 43.5 Å². The highest BCUT2D eigenvalue weighted by atomic mass is 19.2.